The van der Waals surface area contributed by atoms with Gasteiger partial charge in [-0.25, -0.2) is 9.37 Å². The molecule has 1 aromatic carbocycles. The van der Waals surface area contributed by atoms with Gasteiger partial charge in [-0.2, -0.15) is 0 Å². The topological polar surface area (TPSA) is 28.7 Å². The molecule has 0 saturated carbocycles. The van der Waals surface area contributed by atoms with Crippen LogP contribution in [0.1, 0.15) is 12.6 Å². The van der Waals surface area contributed by atoms with Gasteiger partial charge in [0.05, 0.1) is 9.50 Å². The number of aryl methyl sites for hydroxylation is 1. The summed E-state index contributed by atoms with van der Waals surface area (Å²) in [5, 5.41) is 0.0644. The van der Waals surface area contributed by atoms with Crippen molar-refractivity contribution in [2.45, 2.75) is 13.3 Å². The van der Waals surface area contributed by atoms with Gasteiger partial charge in [0.25, 0.3) is 0 Å². The minimum atomic E-state index is -0.452. The molecule has 0 atom stereocenters. The molecular weight excluding hydrogens is 339 g/mol. The molecule has 18 heavy (non-hydrogen) atoms. The highest BCUT2D eigenvalue weighted by Crippen LogP contribution is 2.25. The number of hydrogen-bond donors (Lipinski definition) is 1. The normalized spacial score (nSPS) is 10.7. The van der Waals surface area contributed by atoms with Crippen molar-refractivity contribution in [3.05, 3.63) is 43.8 Å². The summed E-state index contributed by atoms with van der Waals surface area (Å²) in [4.78, 5) is 7.41. The lowest BCUT2D eigenvalue weighted by Crippen LogP contribution is -1.97. The van der Waals surface area contributed by atoms with Gasteiger partial charge in [0.15, 0.2) is 0 Å². The van der Waals surface area contributed by atoms with Gasteiger partial charge < -0.3 is 4.98 Å². The molecule has 2 nitrogen and oxygen atoms in total. The van der Waals surface area contributed by atoms with E-state index in [1.54, 1.807) is 6.07 Å². The summed E-state index contributed by atoms with van der Waals surface area (Å²) in [6, 6.07) is 4.45. The average Bonchev–Trinajstić information content (AvgIpc) is 2.36. The van der Waals surface area contributed by atoms with E-state index in [0.717, 1.165) is 16.6 Å². The lowest BCUT2D eigenvalue weighted by atomic mass is 10.2. The predicted octanol–water partition coefficient (Wildman–Crippen LogP) is 4.92. The number of rotatable bonds is 2. The van der Waals surface area contributed by atoms with E-state index in [-0.39, 0.29) is 5.02 Å². The lowest BCUT2D eigenvalue weighted by molar-refractivity contribution is 0.628. The Hall–Kier alpha value is -0.780. The molecule has 0 radical (unpaired) electrons. The minimum absolute atomic E-state index is 0.0644. The van der Waals surface area contributed by atoms with Crippen molar-refractivity contribution in [3.8, 4) is 11.4 Å². The molecule has 94 valence electrons. The van der Waals surface area contributed by atoms with Crippen LogP contribution in [0.25, 0.3) is 11.4 Å². The van der Waals surface area contributed by atoms with E-state index in [9.17, 15) is 4.39 Å². The number of nitrogens with zero attached hydrogens (tertiary/aromatic N) is 1. The molecular formula is C12H9BrClFN2S. The van der Waals surface area contributed by atoms with Gasteiger partial charge in [-0.3, -0.25) is 0 Å². The molecule has 0 fully saturated rings. The summed E-state index contributed by atoms with van der Waals surface area (Å²) >= 11 is 14.3. The number of halogens is 3. The molecule has 0 aliphatic carbocycles. The Balaban J connectivity index is 2.60. The van der Waals surface area contributed by atoms with Crippen molar-refractivity contribution in [2.75, 3.05) is 0 Å². The summed E-state index contributed by atoms with van der Waals surface area (Å²) in [5.74, 6) is 0.133. The van der Waals surface area contributed by atoms with Crippen LogP contribution in [0.5, 0.6) is 0 Å². The first kappa shape index (κ1) is 13.6. The number of hydrogen-bond acceptors (Lipinski definition) is 2. The molecule has 2 aromatic rings. The fourth-order valence-electron chi connectivity index (χ4n) is 1.53. The van der Waals surface area contributed by atoms with Crippen molar-refractivity contribution >= 4 is 39.7 Å². The molecule has 0 spiro atoms. The van der Waals surface area contributed by atoms with Crippen molar-refractivity contribution in [2.24, 2.45) is 0 Å². The van der Waals surface area contributed by atoms with Crippen LogP contribution in [-0.2, 0) is 6.42 Å². The highest BCUT2D eigenvalue weighted by atomic mass is 79.9. The number of aromatic amines is 1. The first-order valence-corrected chi connectivity index (χ1v) is 6.85. The largest absolute Gasteiger partial charge is 0.342 e. The van der Waals surface area contributed by atoms with Crippen LogP contribution < -0.4 is 0 Å². The van der Waals surface area contributed by atoms with E-state index >= 15 is 0 Å². The van der Waals surface area contributed by atoms with Crippen LogP contribution in [0, 0.1) is 10.5 Å². The Labute approximate surface area is 122 Å². The summed E-state index contributed by atoms with van der Waals surface area (Å²) < 4.78 is 14.4. The SMILES string of the molecule is CCc1[nH]c(-c2ccc(F)c(Cl)c2)nc(=S)c1Br. The molecule has 1 aromatic heterocycles. The third kappa shape index (κ3) is 2.63. The van der Waals surface area contributed by atoms with Gasteiger partial charge >= 0.3 is 0 Å². The maximum atomic E-state index is 13.1. The maximum absolute atomic E-state index is 13.1. The zero-order chi connectivity index (χ0) is 13.3. The molecule has 6 heteroatoms. The Kier molecular flexibility index (Phi) is 4.14. The van der Waals surface area contributed by atoms with Gasteiger partial charge in [-0.1, -0.05) is 30.7 Å². The molecule has 1 N–H and O–H groups in total. The van der Waals surface area contributed by atoms with E-state index < -0.39 is 5.82 Å². The quantitative estimate of drug-likeness (QED) is 0.781. The lowest BCUT2D eigenvalue weighted by Gasteiger charge is -2.07. The van der Waals surface area contributed by atoms with Gasteiger partial charge in [0.1, 0.15) is 16.3 Å². The Morgan fingerprint density at radius 3 is 2.83 bits per heavy atom. The van der Waals surface area contributed by atoms with E-state index in [1.165, 1.54) is 12.1 Å². The molecule has 0 aliphatic rings. The Morgan fingerprint density at radius 2 is 2.22 bits per heavy atom. The fraction of sp³-hybridized carbons (Fsp3) is 0.167. The van der Waals surface area contributed by atoms with Gasteiger partial charge in [-0.05, 0) is 40.5 Å². The standard InChI is InChI=1S/C12H9BrClFN2S/c1-2-9-10(13)12(18)17-11(16-9)6-3-4-8(15)7(14)5-6/h3-5H,2H2,1H3,(H,16,17,18). The van der Waals surface area contributed by atoms with Crippen LogP contribution in [0.4, 0.5) is 4.39 Å². The summed E-state index contributed by atoms with van der Waals surface area (Å²) in [7, 11) is 0. The highest BCUT2D eigenvalue weighted by Gasteiger charge is 2.08. The van der Waals surface area contributed by atoms with E-state index in [4.69, 9.17) is 23.8 Å². The van der Waals surface area contributed by atoms with Crippen molar-refractivity contribution in [1.82, 2.24) is 9.97 Å². The highest BCUT2D eigenvalue weighted by molar-refractivity contribution is 9.10. The molecule has 0 unspecified atom stereocenters. The molecule has 0 amide bonds. The van der Waals surface area contributed by atoms with Crippen LogP contribution >= 0.6 is 39.7 Å². The van der Waals surface area contributed by atoms with Gasteiger partial charge in [0, 0.05) is 11.3 Å². The van der Waals surface area contributed by atoms with Crippen molar-refractivity contribution in [1.29, 1.82) is 0 Å². The van der Waals surface area contributed by atoms with E-state index in [2.05, 4.69) is 25.9 Å². The van der Waals surface area contributed by atoms with Crippen molar-refractivity contribution in [3.63, 3.8) is 0 Å². The first-order valence-electron chi connectivity index (χ1n) is 5.27. The number of benzene rings is 1. The third-order valence-corrected chi connectivity index (χ3v) is 4.18. The second kappa shape index (κ2) is 5.47. The number of H-pyrrole nitrogens is 1. The predicted molar refractivity (Wildman–Crippen MR) is 76.9 cm³/mol. The first-order chi connectivity index (χ1) is 8.52. The molecule has 0 saturated heterocycles. The van der Waals surface area contributed by atoms with Gasteiger partial charge in [-0.15, -0.1) is 0 Å². The second-order valence-electron chi connectivity index (χ2n) is 3.67. The van der Waals surface area contributed by atoms with Crippen LogP contribution in [0.2, 0.25) is 5.02 Å². The molecule has 1 heterocycles. The average molecular weight is 348 g/mol. The Morgan fingerprint density at radius 1 is 1.50 bits per heavy atom. The summed E-state index contributed by atoms with van der Waals surface area (Å²) in [6.07, 6.45) is 0.786. The minimum Gasteiger partial charge on any atom is -0.342 e. The fourth-order valence-corrected chi connectivity index (χ4v) is 2.39. The zero-order valence-corrected chi connectivity index (χ0v) is 12.6. The third-order valence-electron chi connectivity index (χ3n) is 2.48. The monoisotopic (exact) mass is 346 g/mol. The smallest absolute Gasteiger partial charge is 0.144 e. The summed E-state index contributed by atoms with van der Waals surface area (Å²) in [5.41, 5.74) is 1.65. The van der Waals surface area contributed by atoms with E-state index in [1.807, 2.05) is 6.92 Å². The van der Waals surface area contributed by atoms with Gasteiger partial charge in [0.2, 0.25) is 0 Å². The Bertz CT molecular complexity index is 657. The maximum Gasteiger partial charge on any atom is 0.144 e. The molecule has 0 aliphatic heterocycles. The second-order valence-corrected chi connectivity index (χ2v) is 5.25. The number of aromatic nitrogens is 2. The molecule has 2 rings (SSSR count). The van der Waals surface area contributed by atoms with E-state index in [0.29, 0.717) is 16.0 Å². The van der Waals surface area contributed by atoms with Crippen molar-refractivity contribution < 1.29 is 4.39 Å². The number of nitrogens with one attached hydrogen (secondary N) is 1. The zero-order valence-electron chi connectivity index (χ0n) is 9.43. The van der Waals surface area contributed by atoms with Crippen LogP contribution in [0.3, 0.4) is 0 Å². The van der Waals surface area contributed by atoms with Crippen LogP contribution in [0.15, 0.2) is 22.7 Å². The molecule has 0 bridgehead atoms. The van der Waals surface area contributed by atoms with Crippen LogP contribution in [-0.4, -0.2) is 9.97 Å². The summed E-state index contributed by atoms with van der Waals surface area (Å²) in [6.45, 7) is 2.01.